The third-order valence-corrected chi connectivity index (χ3v) is 0.591. The second-order valence-corrected chi connectivity index (χ2v) is 1.90. The van der Waals surface area contributed by atoms with Gasteiger partial charge in [-0.15, -0.1) is 0 Å². The molecule has 0 aromatic carbocycles. The summed E-state index contributed by atoms with van der Waals surface area (Å²) in [5, 5.41) is 0. The molecule has 0 bridgehead atoms. The minimum atomic E-state index is -1.18. The SMILES string of the molecule is O=[C]=[Os]=[C]=O. The zero-order valence-electron chi connectivity index (χ0n) is 2.17. The molecule has 5 heavy (non-hydrogen) atoms. The van der Waals surface area contributed by atoms with E-state index in [1.807, 2.05) is 0 Å². The first-order chi connectivity index (χ1) is 2.41. The van der Waals surface area contributed by atoms with Crippen LogP contribution in [0.5, 0.6) is 0 Å². The first-order valence-electron chi connectivity index (χ1n) is 0.762. The summed E-state index contributed by atoms with van der Waals surface area (Å²) in [6, 6.07) is 0. The van der Waals surface area contributed by atoms with Gasteiger partial charge in [0, 0.05) is 0 Å². The van der Waals surface area contributed by atoms with Crippen molar-refractivity contribution in [3.8, 4) is 0 Å². The first kappa shape index (κ1) is 4.80. The average Bonchev–Trinajstić information content (AvgIpc) is 1.41. The number of rotatable bonds is 0. The standard InChI is InChI=1S/2CO.Os/c2*1-2;. The van der Waals surface area contributed by atoms with Crippen molar-refractivity contribution < 1.29 is 26.1 Å². The predicted octanol–water partition coefficient (Wildman–Crippen LogP) is -0.797. The molecule has 0 aromatic heterocycles. The van der Waals surface area contributed by atoms with Crippen molar-refractivity contribution >= 4 is 8.87 Å². The van der Waals surface area contributed by atoms with Crippen molar-refractivity contribution in [1.82, 2.24) is 0 Å². The van der Waals surface area contributed by atoms with Gasteiger partial charge in [-0.3, -0.25) is 0 Å². The van der Waals surface area contributed by atoms with E-state index in [2.05, 4.69) is 0 Å². The van der Waals surface area contributed by atoms with E-state index in [0.717, 1.165) is 0 Å². The summed E-state index contributed by atoms with van der Waals surface area (Å²) in [6.07, 6.45) is 0. The summed E-state index contributed by atoms with van der Waals surface area (Å²) in [7, 11) is 0. The van der Waals surface area contributed by atoms with Gasteiger partial charge < -0.3 is 0 Å². The molecule has 3 heteroatoms. The van der Waals surface area contributed by atoms with E-state index in [9.17, 15) is 0 Å². The summed E-state index contributed by atoms with van der Waals surface area (Å²) in [4.78, 5) is 18.2. The Hall–Kier alpha value is -0.204. The van der Waals surface area contributed by atoms with E-state index >= 15 is 0 Å². The van der Waals surface area contributed by atoms with Crippen molar-refractivity contribution in [2.75, 3.05) is 0 Å². The normalized spacial score (nSPS) is 4.80. The third kappa shape index (κ3) is 3.80. The van der Waals surface area contributed by atoms with Crippen LogP contribution in [-0.4, -0.2) is 8.87 Å². The fourth-order valence-electron chi connectivity index (χ4n) is 0.0147. The molecule has 28 valence electrons. The Balaban J connectivity index is 4.38. The maximum absolute atomic E-state index is 9.08. The van der Waals surface area contributed by atoms with E-state index in [0.29, 0.717) is 0 Å². The molecule has 0 aromatic rings. The molecule has 0 aliphatic carbocycles. The molecule has 0 amide bonds. The van der Waals surface area contributed by atoms with Crippen LogP contribution in [-0.2, 0) is 26.1 Å². The summed E-state index contributed by atoms with van der Waals surface area (Å²) in [5.74, 6) is 0. The van der Waals surface area contributed by atoms with E-state index in [1.165, 1.54) is 8.87 Å². The Labute approximate surface area is 35.6 Å². The Morgan fingerprint density at radius 1 is 1.20 bits per heavy atom. The third-order valence-electron chi connectivity index (χ3n) is 0.0722. The second-order valence-electron chi connectivity index (χ2n) is 0.233. The van der Waals surface area contributed by atoms with Crippen LogP contribution < -0.4 is 0 Å². The van der Waals surface area contributed by atoms with Crippen LogP contribution in [0.3, 0.4) is 0 Å². The summed E-state index contributed by atoms with van der Waals surface area (Å²) in [5.41, 5.74) is 0. The predicted molar refractivity (Wildman–Crippen MR) is 11.4 cm³/mol. The van der Waals surface area contributed by atoms with E-state index in [-0.39, 0.29) is 0 Å². The molecule has 0 N–H and O–H groups in total. The van der Waals surface area contributed by atoms with Gasteiger partial charge in [0.2, 0.25) is 0 Å². The zero-order valence-corrected chi connectivity index (χ0v) is 4.71. The van der Waals surface area contributed by atoms with E-state index < -0.39 is 16.5 Å². The Morgan fingerprint density at radius 3 is 1.60 bits per heavy atom. The molecular weight excluding hydrogens is 246 g/mol. The fourth-order valence-corrected chi connectivity index (χ4v) is 0.121. The molecule has 0 radical (unpaired) electrons. The van der Waals surface area contributed by atoms with Crippen LogP contribution >= 0.6 is 0 Å². The molecule has 0 heterocycles. The van der Waals surface area contributed by atoms with Crippen LogP contribution in [0, 0.1) is 0 Å². The topological polar surface area (TPSA) is 34.1 Å². The molecule has 0 unspecified atom stereocenters. The van der Waals surface area contributed by atoms with Gasteiger partial charge in [-0.05, 0) is 0 Å². The van der Waals surface area contributed by atoms with Gasteiger partial charge in [-0.25, -0.2) is 0 Å². The summed E-state index contributed by atoms with van der Waals surface area (Å²) in [6.45, 7) is 0. The summed E-state index contributed by atoms with van der Waals surface area (Å²) >= 11 is -1.18. The van der Waals surface area contributed by atoms with Crippen LogP contribution in [0.1, 0.15) is 0 Å². The van der Waals surface area contributed by atoms with Gasteiger partial charge in [0.25, 0.3) is 0 Å². The number of hydrogen-bond donors (Lipinski definition) is 0. The van der Waals surface area contributed by atoms with Crippen LogP contribution in [0.15, 0.2) is 0 Å². The average molecular weight is 246 g/mol. The van der Waals surface area contributed by atoms with E-state index in [4.69, 9.17) is 9.59 Å². The molecule has 0 fully saturated rings. The van der Waals surface area contributed by atoms with Gasteiger partial charge in [0.15, 0.2) is 0 Å². The Morgan fingerprint density at radius 2 is 1.60 bits per heavy atom. The van der Waals surface area contributed by atoms with Crippen molar-refractivity contribution in [3.63, 3.8) is 0 Å². The second kappa shape index (κ2) is 3.80. The van der Waals surface area contributed by atoms with Gasteiger partial charge >= 0.3 is 35.0 Å². The quantitative estimate of drug-likeness (QED) is 0.561. The van der Waals surface area contributed by atoms with E-state index in [1.54, 1.807) is 0 Å². The van der Waals surface area contributed by atoms with Crippen molar-refractivity contribution in [1.29, 1.82) is 0 Å². The van der Waals surface area contributed by atoms with Gasteiger partial charge in [-0.2, -0.15) is 0 Å². The Kier molecular flexibility index (Phi) is 3.64. The monoisotopic (exact) mass is 248 g/mol. The van der Waals surface area contributed by atoms with Gasteiger partial charge in [0.1, 0.15) is 0 Å². The number of hydrogen-bond acceptors (Lipinski definition) is 2. The molecule has 0 aliphatic rings. The molecule has 0 spiro atoms. The molecular formula is C2O2Os. The fraction of sp³-hybridized carbons (Fsp3) is 0. The number of carbonyl (C=O) groups excluding carboxylic acids is 2. The molecule has 2 nitrogen and oxygen atoms in total. The van der Waals surface area contributed by atoms with Gasteiger partial charge in [0.05, 0.1) is 0 Å². The van der Waals surface area contributed by atoms with Crippen molar-refractivity contribution in [3.05, 3.63) is 0 Å². The molecule has 0 rings (SSSR count). The molecule has 0 aliphatic heterocycles. The minimum absolute atomic E-state index is 1.18. The van der Waals surface area contributed by atoms with Crippen LogP contribution in [0.25, 0.3) is 0 Å². The Bertz CT molecular complexity index is 99.6. The molecule has 0 atom stereocenters. The van der Waals surface area contributed by atoms with Crippen molar-refractivity contribution in [2.45, 2.75) is 0 Å². The molecule has 0 saturated heterocycles. The molecule has 0 saturated carbocycles. The maximum atomic E-state index is 9.08. The van der Waals surface area contributed by atoms with Crippen LogP contribution in [0.2, 0.25) is 0 Å². The first-order valence-corrected chi connectivity index (χ1v) is 3.30. The van der Waals surface area contributed by atoms with Gasteiger partial charge in [-0.1, -0.05) is 0 Å². The van der Waals surface area contributed by atoms with Crippen molar-refractivity contribution in [2.24, 2.45) is 0 Å². The summed E-state index contributed by atoms with van der Waals surface area (Å²) < 4.78 is 2.97. The zero-order chi connectivity index (χ0) is 4.12. The van der Waals surface area contributed by atoms with Crippen LogP contribution in [0.4, 0.5) is 0 Å².